The minimum absolute atomic E-state index is 0.0119. The van der Waals surface area contributed by atoms with Crippen LogP contribution in [0.15, 0.2) is 30.3 Å². The van der Waals surface area contributed by atoms with Gasteiger partial charge >= 0.3 is 0 Å². The highest BCUT2D eigenvalue weighted by atomic mass is 16.3. The number of hydrogen-bond acceptors (Lipinski definition) is 3. The van der Waals surface area contributed by atoms with Crippen molar-refractivity contribution in [3.8, 4) is 0 Å². The van der Waals surface area contributed by atoms with Crippen LogP contribution in [-0.4, -0.2) is 36.6 Å². The summed E-state index contributed by atoms with van der Waals surface area (Å²) < 4.78 is 0. The Hall–Kier alpha value is -1.88. The third kappa shape index (κ3) is 5.84. The summed E-state index contributed by atoms with van der Waals surface area (Å²) in [6.07, 6.45) is 0.222. The van der Waals surface area contributed by atoms with Crippen molar-refractivity contribution in [2.75, 3.05) is 19.7 Å². The molecule has 0 saturated carbocycles. The predicted molar refractivity (Wildman–Crippen MR) is 77.3 cm³/mol. The molecule has 0 saturated heterocycles. The summed E-state index contributed by atoms with van der Waals surface area (Å²) in [4.78, 5) is 23.3. The molecule has 5 heteroatoms. The zero-order valence-corrected chi connectivity index (χ0v) is 12.0. The SMILES string of the molecule is CC(C)(CO)CNC(=O)CCNC(=O)c1ccccc1. The number of rotatable bonds is 7. The first kappa shape index (κ1) is 16.2. The van der Waals surface area contributed by atoms with Gasteiger partial charge in [0.2, 0.25) is 5.91 Å². The number of aliphatic hydroxyl groups excluding tert-OH is 1. The molecule has 0 heterocycles. The summed E-state index contributed by atoms with van der Waals surface area (Å²) >= 11 is 0. The second-order valence-corrected chi connectivity index (χ2v) is 5.47. The molecule has 0 aliphatic rings. The van der Waals surface area contributed by atoms with E-state index in [0.29, 0.717) is 18.7 Å². The lowest BCUT2D eigenvalue weighted by molar-refractivity contribution is -0.121. The average Bonchev–Trinajstić information content (AvgIpc) is 2.46. The van der Waals surface area contributed by atoms with E-state index in [1.54, 1.807) is 24.3 Å². The highest BCUT2D eigenvalue weighted by Gasteiger charge is 2.17. The zero-order valence-electron chi connectivity index (χ0n) is 12.0. The van der Waals surface area contributed by atoms with Gasteiger partial charge in [0, 0.05) is 37.1 Å². The number of amides is 2. The summed E-state index contributed by atoms with van der Waals surface area (Å²) in [5.74, 6) is -0.325. The molecule has 0 bridgehead atoms. The van der Waals surface area contributed by atoms with Gasteiger partial charge in [-0.25, -0.2) is 0 Å². The van der Waals surface area contributed by atoms with Crippen LogP contribution >= 0.6 is 0 Å². The maximum Gasteiger partial charge on any atom is 0.251 e. The van der Waals surface area contributed by atoms with Gasteiger partial charge in [-0.2, -0.15) is 0 Å². The average molecular weight is 278 g/mol. The van der Waals surface area contributed by atoms with Gasteiger partial charge in [-0.15, -0.1) is 0 Å². The quantitative estimate of drug-likeness (QED) is 0.694. The Morgan fingerprint density at radius 1 is 1.15 bits per heavy atom. The van der Waals surface area contributed by atoms with Gasteiger partial charge in [0.25, 0.3) is 5.91 Å². The van der Waals surface area contributed by atoms with Crippen LogP contribution in [0.2, 0.25) is 0 Å². The van der Waals surface area contributed by atoms with Gasteiger partial charge < -0.3 is 15.7 Å². The lowest BCUT2D eigenvalue weighted by Gasteiger charge is -2.21. The smallest absolute Gasteiger partial charge is 0.251 e. The van der Waals surface area contributed by atoms with E-state index in [-0.39, 0.29) is 30.3 Å². The van der Waals surface area contributed by atoms with Crippen LogP contribution in [0, 0.1) is 5.41 Å². The van der Waals surface area contributed by atoms with Crippen LogP contribution in [0.4, 0.5) is 0 Å². The van der Waals surface area contributed by atoms with Gasteiger partial charge in [-0.1, -0.05) is 32.0 Å². The summed E-state index contributed by atoms with van der Waals surface area (Å²) in [5, 5.41) is 14.5. The highest BCUT2D eigenvalue weighted by Crippen LogP contribution is 2.10. The molecule has 0 aliphatic carbocycles. The number of hydrogen-bond donors (Lipinski definition) is 3. The van der Waals surface area contributed by atoms with Crippen LogP contribution in [0.1, 0.15) is 30.6 Å². The fourth-order valence-corrected chi connectivity index (χ4v) is 1.46. The van der Waals surface area contributed by atoms with E-state index in [9.17, 15) is 9.59 Å². The lowest BCUT2D eigenvalue weighted by atomic mass is 9.95. The molecule has 20 heavy (non-hydrogen) atoms. The second-order valence-electron chi connectivity index (χ2n) is 5.47. The highest BCUT2D eigenvalue weighted by molar-refractivity contribution is 5.94. The molecule has 3 N–H and O–H groups in total. The van der Waals surface area contributed by atoms with Crippen LogP contribution in [0.3, 0.4) is 0 Å². The number of nitrogens with one attached hydrogen (secondary N) is 2. The van der Waals surface area contributed by atoms with Gasteiger partial charge in [-0.3, -0.25) is 9.59 Å². The molecule has 1 rings (SSSR count). The fraction of sp³-hybridized carbons (Fsp3) is 0.467. The Morgan fingerprint density at radius 3 is 2.40 bits per heavy atom. The molecule has 0 aliphatic heterocycles. The first-order valence-corrected chi connectivity index (χ1v) is 6.65. The molecule has 2 amide bonds. The van der Waals surface area contributed by atoms with Gasteiger partial charge in [0.15, 0.2) is 0 Å². The number of carbonyl (C=O) groups is 2. The van der Waals surface area contributed by atoms with Crippen molar-refractivity contribution in [3.63, 3.8) is 0 Å². The molecule has 5 nitrogen and oxygen atoms in total. The minimum Gasteiger partial charge on any atom is -0.396 e. The largest absolute Gasteiger partial charge is 0.396 e. The van der Waals surface area contributed by atoms with Crippen molar-refractivity contribution in [3.05, 3.63) is 35.9 Å². The Bertz CT molecular complexity index is 444. The summed E-state index contributed by atoms with van der Waals surface area (Å²) in [7, 11) is 0. The molecular formula is C15H22N2O3. The van der Waals surface area contributed by atoms with Crippen molar-refractivity contribution in [2.45, 2.75) is 20.3 Å². The lowest BCUT2D eigenvalue weighted by Crippen LogP contribution is -2.37. The first-order valence-electron chi connectivity index (χ1n) is 6.65. The van der Waals surface area contributed by atoms with Crippen molar-refractivity contribution < 1.29 is 14.7 Å². The number of carbonyl (C=O) groups excluding carboxylic acids is 2. The maximum atomic E-state index is 11.7. The van der Waals surface area contributed by atoms with E-state index in [1.807, 2.05) is 19.9 Å². The van der Waals surface area contributed by atoms with E-state index < -0.39 is 0 Å². The Kier molecular flexibility index (Phi) is 6.18. The predicted octanol–water partition coefficient (Wildman–Crippen LogP) is 0.941. The summed E-state index contributed by atoms with van der Waals surface area (Å²) in [5.41, 5.74) is 0.248. The molecule has 110 valence electrons. The van der Waals surface area contributed by atoms with Crippen LogP contribution in [0.25, 0.3) is 0 Å². The van der Waals surface area contributed by atoms with E-state index in [1.165, 1.54) is 0 Å². The normalized spacial score (nSPS) is 10.9. The molecule has 0 fully saturated rings. The Labute approximate surface area is 119 Å². The third-order valence-electron chi connectivity index (χ3n) is 2.87. The third-order valence-corrected chi connectivity index (χ3v) is 2.87. The van der Waals surface area contributed by atoms with Crippen LogP contribution < -0.4 is 10.6 Å². The van der Waals surface area contributed by atoms with Gasteiger partial charge in [0.05, 0.1) is 0 Å². The Morgan fingerprint density at radius 2 is 1.80 bits per heavy atom. The van der Waals surface area contributed by atoms with E-state index in [2.05, 4.69) is 10.6 Å². The first-order chi connectivity index (χ1) is 9.44. The van der Waals surface area contributed by atoms with Crippen molar-refractivity contribution in [2.24, 2.45) is 5.41 Å². The van der Waals surface area contributed by atoms with Gasteiger partial charge in [0.1, 0.15) is 0 Å². The minimum atomic E-state index is -0.330. The Balaban J connectivity index is 2.24. The molecule has 0 atom stereocenters. The van der Waals surface area contributed by atoms with Crippen molar-refractivity contribution >= 4 is 11.8 Å². The van der Waals surface area contributed by atoms with E-state index in [0.717, 1.165) is 0 Å². The topological polar surface area (TPSA) is 78.4 Å². The molecule has 0 aromatic heterocycles. The summed E-state index contributed by atoms with van der Waals surface area (Å²) in [6, 6.07) is 8.86. The van der Waals surface area contributed by atoms with Gasteiger partial charge in [-0.05, 0) is 12.1 Å². The van der Waals surface area contributed by atoms with E-state index in [4.69, 9.17) is 5.11 Å². The van der Waals surface area contributed by atoms with Crippen molar-refractivity contribution in [1.82, 2.24) is 10.6 Å². The molecule has 0 spiro atoms. The standard InChI is InChI=1S/C15H22N2O3/c1-15(2,11-18)10-17-13(19)8-9-16-14(20)12-6-4-3-5-7-12/h3-7,18H,8-11H2,1-2H3,(H,16,20)(H,17,19). The number of aliphatic hydroxyl groups is 1. The zero-order chi connectivity index (χ0) is 15.0. The monoisotopic (exact) mass is 278 g/mol. The molecule has 0 radical (unpaired) electrons. The molecule has 0 unspecified atom stereocenters. The number of benzene rings is 1. The molecule has 1 aromatic carbocycles. The van der Waals surface area contributed by atoms with Crippen LogP contribution in [0.5, 0.6) is 0 Å². The molecular weight excluding hydrogens is 256 g/mol. The van der Waals surface area contributed by atoms with Crippen molar-refractivity contribution in [1.29, 1.82) is 0 Å². The van der Waals surface area contributed by atoms with E-state index >= 15 is 0 Å². The van der Waals surface area contributed by atoms with Crippen LogP contribution in [-0.2, 0) is 4.79 Å². The fourth-order valence-electron chi connectivity index (χ4n) is 1.46. The molecule has 1 aromatic rings. The summed E-state index contributed by atoms with van der Waals surface area (Å²) in [6.45, 7) is 4.45. The maximum absolute atomic E-state index is 11.7. The second kappa shape index (κ2) is 7.65.